The van der Waals surface area contributed by atoms with Crippen LogP contribution in [0.3, 0.4) is 0 Å². The van der Waals surface area contributed by atoms with Gasteiger partial charge in [-0.3, -0.25) is 9.59 Å². The molecule has 0 aliphatic rings. The summed E-state index contributed by atoms with van der Waals surface area (Å²) in [6, 6.07) is 17.8. The average molecular weight is 352 g/mol. The second-order valence-electron chi connectivity index (χ2n) is 6.60. The summed E-state index contributed by atoms with van der Waals surface area (Å²) >= 11 is 0. The highest BCUT2D eigenvalue weighted by Crippen LogP contribution is 2.11. The molecule has 0 saturated heterocycles. The van der Waals surface area contributed by atoms with Gasteiger partial charge in [0.2, 0.25) is 11.8 Å². The van der Waals surface area contributed by atoms with Crippen molar-refractivity contribution in [1.29, 1.82) is 0 Å². The summed E-state index contributed by atoms with van der Waals surface area (Å²) in [5.41, 5.74) is 3.50. The van der Waals surface area contributed by atoms with Gasteiger partial charge in [-0.2, -0.15) is 0 Å². The van der Waals surface area contributed by atoms with Crippen molar-refractivity contribution in [3.8, 4) is 0 Å². The molecule has 4 nitrogen and oxygen atoms in total. The number of carbonyl (C=O) groups is 2. The molecule has 1 unspecified atom stereocenters. The first kappa shape index (κ1) is 19.7. The number of benzene rings is 2. The van der Waals surface area contributed by atoms with Crippen LogP contribution in [0, 0.1) is 6.92 Å². The number of rotatable bonds is 8. The number of likely N-dealkylation sites (N-methyl/N-ethyl adjacent to an activating group) is 1. The van der Waals surface area contributed by atoms with Crippen molar-refractivity contribution in [3.05, 3.63) is 71.3 Å². The summed E-state index contributed by atoms with van der Waals surface area (Å²) in [5.74, 6) is -0.126. The first-order valence-corrected chi connectivity index (χ1v) is 9.12. The highest BCUT2D eigenvalue weighted by Gasteiger charge is 2.24. The van der Waals surface area contributed by atoms with Gasteiger partial charge < -0.3 is 10.2 Å². The maximum atomic E-state index is 12.8. The van der Waals surface area contributed by atoms with Gasteiger partial charge in [0.05, 0.1) is 0 Å². The Hall–Kier alpha value is -2.62. The van der Waals surface area contributed by atoms with Crippen LogP contribution in [0.4, 0.5) is 0 Å². The van der Waals surface area contributed by atoms with E-state index in [1.54, 1.807) is 18.9 Å². The Morgan fingerprint density at radius 1 is 0.962 bits per heavy atom. The van der Waals surface area contributed by atoms with Crippen LogP contribution in [0.1, 0.15) is 30.0 Å². The van der Waals surface area contributed by atoms with Crippen molar-refractivity contribution in [2.24, 2.45) is 0 Å². The third kappa shape index (κ3) is 5.73. The van der Waals surface area contributed by atoms with Crippen LogP contribution in [0.25, 0.3) is 0 Å². The fraction of sp³-hybridized carbons (Fsp3) is 0.364. The van der Waals surface area contributed by atoms with Crippen LogP contribution in [0.2, 0.25) is 0 Å². The lowest BCUT2D eigenvalue weighted by atomic mass is 10.1. The van der Waals surface area contributed by atoms with Crippen molar-refractivity contribution >= 4 is 11.8 Å². The second kappa shape index (κ2) is 9.76. The van der Waals surface area contributed by atoms with Crippen molar-refractivity contribution in [2.75, 3.05) is 13.6 Å². The summed E-state index contributed by atoms with van der Waals surface area (Å²) in [4.78, 5) is 26.6. The molecule has 4 heteroatoms. The Kier molecular flexibility index (Phi) is 7.39. The molecule has 2 amide bonds. The van der Waals surface area contributed by atoms with E-state index < -0.39 is 6.04 Å². The first-order valence-electron chi connectivity index (χ1n) is 9.12. The topological polar surface area (TPSA) is 49.4 Å². The lowest BCUT2D eigenvalue weighted by molar-refractivity contribution is -0.139. The number of nitrogens with zero attached hydrogens (tertiary/aromatic N) is 1. The fourth-order valence-corrected chi connectivity index (χ4v) is 2.93. The molecule has 0 saturated carbocycles. The molecule has 2 aromatic carbocycles. The van der Waals surface area contributed by atoms with Gasteiger partial charge in [0, 0.05) is 20.0 Å². The van der Waals surface area contributed by atoms with Gasteiger partial charge in [0.25, 0.3) is 0 Å². The molecular formula is C22H28N2O2. The smallest absolute Gasteiger partial charge is 0.242 e. The maximum absolute atomic E-state index is 12.8. The number of nitrogens with one attached hydrogen (secondary N) is 1. The Morgan fingerprint density at radius 2 is 1.58 bits per heavy atom. The summed E-state index contributed by atoms with van der Waals surface area (Å²) in [5, 5.41) is 2.65. The average Bonchev–Trinajstić information content (AvgIpc) is 2.67. The predicted octanol–water partition coefficient (Wildman–Crippen LogP) is 3.13. The van der Waals surface area contributed by atoms with Crippen LogP contribution in [0.5, 0.6) is 0 Å². The summed E-state index contributed by atoms with van der Waals surface area (Å²) < 4.78 is 0. The molecule has 1 N–H and O–H groups in total. The molecule has 0 heterocycles. The zero-order valence-corrected chi connectivity index (χ0v) is 15.9. The van der Waals surface area contributed by atoms with Gasteiger partial charge >= 0.3 is 0 Å². The summed E-state index contributed by atoms with van der Waals surface area (Å²) in [7, 11) is 1.60. The molecule has 1 atom stereocenters. The normalized spacial score (nSPS) is 11.7. The number of aryl methyl sites for hydroxylation is 2. The van der Waals surface area contributed by atoms with E-state index in [1.807, 2.05) is 37.3 Å². The minimum absolute atomic E-state index is 0.0117. The van der Waals surface area contributed by atoms with E-state index in [1.165, 1.54) is 5.56 Å². The van der Waals surface area contributed by atoms with Crippen LogP contribution in [0.15, 0.2) is 54.6 Å². The van der Waals surface area contributed by atoms with E-state index in [-0.39, 0.29) is 11.8 Å². The van der Waals surface area contributed by atoms with E-state index in [4.69, 9.17) is 0 Å². The van der Waals surface area contributed by atoms with E-state index in [0.29, 0.717) is 19.4 Å². The molecule has 0 spiro atoms. The van der Waals surface area contributed by atoms with Gasteiger partial charge in [-0.1, -0.05) is 60.2 Å². The Balaban J connectivity index is 2.02. The quantitative estimate of drug-likeness (QED) is 0.793. The number of carbonyl (C=O) groups excluding carboxylic acids is 2. The Bertz CT molecular complexity index is 711. The molecule has 2 rings (SSSR count). The van der Waals surface area contributed by atoms with E-state index in [0.717, 1.165) is 17.5 Å². The van der Waals surface area contributed by atoms with E-state index in [2.05, 4.69) is 29.6 Å². The predicted molar refractivity (Wildman–Crippen MR) is 105 cm³/mol. The molecule has 26 heavy (non-hydrogen) atoms. The van der Waals surface area contributed by atoms with Gasteiger partial charge in [-0.15, -0.1) is 0 Å². The van der Waals surface area contributed by atoms with Gasteiger partial charge in [-0.25, -0.2) is 0 Å². The highest BCUT2D eigenvalue weighted by molar-refractivity contribution is 5.87. The third-order valence-electron chi connectivity index (χ3n) is 4.65. The fourth-order valence-electron chi connectivity index (χ4n) is 2.93. The molecule has 0 aliphatic carbocycles. The largest absolute Gasteiger partial charge is 0.357 e. The van der Waals surface area contributed by atoms with Crippen molar-refractivity contribution in [2.45, 2.75) is 39.2 Å². The van der Waals surface area contributed by atoms with E-state index in [9.17, 15) is 9.59 Å². The Morgan fingerprint density at radius 3 is 2.19 bits per heavy atom. The number of hydrogen-bond donors (Lipinski definition) is 1. The lowest BCUT2D eigenvalue weighted by Crippen LogP contribution is -2.48. The first-order chi connectivity index (χ1) is 12.5. The molecular weight excluding hydrogens is 324 g/mol. The second-order valence-corrected chi connectivity index (χ2v) is 6.60. The third-order valence-corrected chi connectivity index (χ3v) is 4.65. The molecule has 0 fully saturated rings. The highest BCUT2D eigenvalue weighted by atomic mass is 16.2. The molecule has 0 radical (unpaired) electrons. The van der Waals surface area contributed by atoms with Crippen molar-refractivity contribution < 1.29 is 9.59 Å². The van der Waals surface area contributed by atoms with Crippen LogP contribution >= 0.6 is 0 Å². The van der Waals surface area contributed by atoms with Crippen LogP contribution < -0.4 is 5.32 Å². The molecule has 138 valence electrons. The minimum atomic E-state index is -0.478. The summed E-state index contributed by atoms with van der Waals surface area (Å²) in [6.07, 6.45) is 1.82. The molecule has 0 aromatic heterocycles. The van der Waals surface area contributed by atoms with Crippen LogP contribution in [-0.4, -0.2) is 36.3 Å². The summed E-state index contributed by atoms with van der Waals surface area (Å²) in [6.45, 7) is 4.37. The van der Waals surface area contributed by atoms with Crippen molar-refractivity contribution in [3.63, 3.8) is 0 Å². The SMILES string of the molecule is CNC(=O)C(C)N(CCc1ccccc1)C(=O)CCc1ccc(C)cc1. The number of hydrogen-bond acceptors (Lipinski definition) is 2. The van der Waals surface area contributed by atoms with Crippen LogP contribution in [-0.2, 0) is 22.4 Å². The monoisotopic (exact) mass is 352 g/mol. The molecule has 2 aromatic rings. The maximum Gasteiger partial charge on any atom is 0.242 e. The van der Waals surface area contributed by atoms with Crippen molar-refractivity contribution in [1.82, 2.24) is 10.2 Å². The molecule has 0 aliphatic heterocycles. The van der Waals surface area contributed by atoms with Gasteiger partial charge in [-0.05, 0) is 37.8 Å². The zero-order chi connectivity index (χ0) is 18.9. The lowest BCUT2D eigenvalue weighted by Gasteiger charge is -2.28. The minimum Gasteiger partial charge on any atom is -0.357 e. The zero-order valence-electron chi connectivity index (χ0n) is 15.9. The number of amides is 2. The van der Waals surface area contributed by atoms with E-state index >= 15 is 0 Å². The van der Waals surface area contributed by atoms with Gasteiger partial charge in [0.1, 0.15) is 6.04 Å². The Labute approximate surface area is 156 Å². The standard InChI is InChI=1S/C22H28N2O2/c1-17-9-11-20(12-10-17)13-14-21(25)24(18(2)22(26)23-3)16-15-19-7-5-4-6-8-19/h4-12,18H,13-16H2,1-3H3,(H,23,26). The van der Waals surface area contributed by atoms with Gasteiger partial charge in [0.15, 0.2) is 0 Å². The molecule has 0 bridgehead atoms.